The summed E-state index contributed by atoms with van der Waals surface area (Å²) in [6.45, 7) is 0.863. The molecule has 0 unspecified atom stereocenters. The average Bonchev–Trinajstić information content (AvgIpc) is 2.38. The highest BCUT2D eigenvalue weighted by Gasteiger charge is 2.29. The molecule has 0 radical (unpaired) electrons. The van der Waals surface area contributed by atoms with E-state index in [0.29, 0.717) is 12.1 Å². The Morgan fingerprint density at radius 3 is 2.40 bits per heavy atom. The van der Waals surface area contributed by atoms with Gasteiger partial charge in [0.25, 0.3) is 5.91 Å². The van der Waals surface area contributed by atoms with Gasteiger partial charge in [0.15, 0.2) is 5.82 Å². The first kappa shape index (κ1) is 14.8. The molecule has 0 spiro atoms. The van der Waals surface area contributed by atoms with Crippen molar-refractivity contribution >= 4 is 15.9 Å². The number of morpholine rings is 1. The van der Waals surface area contributed by atoms with Crippen molar-refractivity contribution in [1.29, 1.82) is 0 Å². The first-order chi connectivity index (χ1) is 9.32. The number of carbonyl (C=O) groups excluding carboxylic acids is 1. The Morgan fingerprint density at radius 2 is 1.85 bits per heavy atom. The molecular weight excluding hydrogens is 294 g/mol. The first-order valence-electron chi connectivity index (χ1n) is 5.70. The van der Waals surface area contributed by atoms with Crippen molar-refractivity contribution < 1.29 is 26.7 Å². The molecule has 0 bridgehead atoms. The lowest BCUT2D eigenvalue weighted by molar-refractivity contribution is 0.0296. The number of hydrogen-bond acceptors (Lipinski definition) is 4. The number of sulfonamides is 1. The van der Waals surface area contributed by atoms with Crippen LogP contribution in [0.3, 0.4) is 0 Å². The van der Waals surface area contributed by atoms with Crippen LogP contribution in [0.25, 0.3) is 0 Å². The van der Waals surface area contributed by atoms with E-state index in [0.717, 1.165) is 0 Å². The quantitative estimate of drug-likeness (QED) is 0.838. The van der Waals surface area contributed by atoms with Crippen molar-refractivity contribution in [2.75, 3.05) is 26.3 Å². The molecule has 20 heavy (non-hydrogen) atoms. The molecular formula is C11H12F2N2O4S. The van der Waals surface area contributed by atoms with E-state index >= 15 is 0 Å². The van der Waals surface area contributed by atoms with Gasteiger partial charge in [0.05, 0.1) is 13.2 Å². The van der Waals surface area contributed by atoms with Gasteiger partial charge in [0.2, 0.25) is 10.0 Å². The molecule has 1 aliphatic rings. The van der Waals surface area contributed by atoms with E-state index in [1.54, 1.807) is 0 Å². The van der Waals surface area contributed by atoms with Crippen LogP contribution in [0, 0.1) is 11.6 Å². The van der Waals surface area contributed by atoms with Gasteiger partial charge >= 0.3 is 0 Å². The molecule has 1 aromatic carbocycles. The Labute approximate surface area is 114 Å². The molecule has 6 nitrogen and oxygen atoms in total. The van der Waals surface area contributed by atoms with Crippen molar-refractivity contribution in [2.24, 2.45) is 5.14 Å². The second kappa shape index (κ2) is 5.43. The second-order valence-corrected chi connectivity index (χ2v) is 5.71. The van der Waals surface area contributed by atoms with Gasteiger partial charge in [0, 0.05) is 13.1 Å². The lowest BCUT2D eigenvalue weighted by Crippen LogP contribution is -2.41. The Balaban J connectivity index is 2.47. The normalized spacial score (nSPS) is 16.2. The smallest absolute Gasteiger partial charge is 0.260 e. The van der Waals surface area contributed by atoms with E-state index in [4.69, 9.17) is 9.88 Å². The third-order valence-electron chi connectivity index (χ3n) is 2.87. The minimum Gasteiger partial charge on any atom is -0.378 e. The van der Waals surface area contributed by atoms with E-state index in [1.165, 1.54) is 4.90 Å². The number of nitrogens with two attached hydrogens (primary N) is 1. The van der Waals surface area contributed by atoms with Gasteiger partial charge in [-0.15, -0.1) is 0 Å². The fourth-order valence-corrected chi connectivity index (χ4v) is 2.48. The number of amides is 1. The Morgan fingerprint density at radius 1 is 1.25 bits per heavy atom. The highest BCUT2D eigenvalue weighted by Crippen LogP contribution is 2.22. The van der Waals surface area contributed by atoms with Crippen LogP contribution < -0.4 is 5.14 Å². The Hall–Kier alpha value is -1.58. The van der Waals surface area contributed by atoms with Gasteiger partial charge < -0.3 is 9.64 Å². The molecule has 0 aliphatic carbocycles. The molecule has 1 heterocycles. The number of hydrogen-bond donors (Lipinski definition) is 1. The number of carbonyl (C=O) groups is 1. The summed E-state index contributed by atoms with van der Waals surface area (Å²) >= 11 is 0. The van der Waals surface area contributed by atoms with Gasteiger partial charge in [-0.05, 0) is 12.1 Å². The first-order valence-corrected chi connectivity index (χ1v) is 7.25. The molecule has 110 valence electrons. The minimum atomic E-state index is -4.37. The van der Waals surface area contributed by atoms with Crippen LogP contribution in [0.4, 0.5) is 8.78 Å². The lowest BCUT2D eigenvalue weighted by Gasteiger charge is -2.27. The van der Waals surface area contributed by atoms with Crippen LogP contribution >= 0.6 is 0 Å². The fourth-order valence-electron chi connectivity index (χ4n) is 1.87. The third kappa shape index (κ3) is 2.79. The largest absolute Gasteiger partial charge is 0.378 e. The summed E-state index contributed by atoms with van der Waals surface area (Å²) in [6.07, 6.45) is 0. The molecule has 1 amide bonds. The van der Waals surface area contributed by atoms with E-state index in [-0.39, 0.29) is 26.3 Å². The maximum atomic E-state index is 14.1. The number of rotatable bonds is 2. The van der Waals surface area contributed by atoms with Crippen LogP contribution in [-0.2, 0) is 14.8 Å². The molecule has 1 aliphatic heterocycles. The summed E-state index contributed by atoms with van der Waals surface area (Å²) in [4.78, 5) is 12.4. The summed E-state index contributed by atoms with van der Waals surface area (Å²) in [5.41, 5.74) is -0.918. The van der Waals surface area contributed by atoms with E-state index in [2.05, 4.69) is 0 Å². The molecule has 1 saturated heterocycles. The Kier molecular flexibility index (Phi) is 4.02. The summed E-state index contributed by atoms with van der Waals surface area (Å²) in [5.74, 6) is -3.52. The maximum absolute atomic E-state index is 14.1. The summed E-state index contributed by atoms with van der Waals surface area (Å²) in [7, 11) is -4.37. The van der Waals surface area contributed by atoms with Crippen LogP contribution in [-0.4, -0.2) is 45.5 Å². The average molecular weight is 306 g/mol. The van der Waals surface area contributed by atoms with Gasteiger partial charge in [-0.3, -0.25) is 4.79 Å². The van der Waals surface area contributed by atoms with Crippen LogP contribution in [0.15, 0.2) is 17.0 Å². The summed E-state index contributed by atoms with van der Waals surface area (Å²) < 4.78 is 55.1. The molecule has 2 rings (SSSR count). The standard InChI is InChI=1S/C11H12F2N2O4S/c12-7-1-2-8(20(14,17)18)10(13)9(7)11(16)15-3-5-19-6-4-15/h1-2H,3-6H2,(H2,14,17,18). The zero-order chi connectivity index (χ0) is 14.9. The van der Waals surface area contributed by atoms with Gasteiger partial charge in [-0.1, -0.05) is 0 Å². The van der Waals surface area contributed by atoms with Crippen molar-refractivity contribution in [2.45, 2.75) is 4.90 Å². The fraction of sp³-hybridized carbons (Fsp3) is 0.364. The zero-order valence-corrected chi connectivity index (χ0v) is 11.1. The second-order valence-electron chi connectivity index (χ2n) is 4.18. The molecule has 0 saturated carbocycles. The van der Waals surface area contributed by atoms with Gasteiger partial charge in [-0.2, -0.15) is 0 Å². The maximum Gasteiger partial charge on any atom is 0.260 e. The van der Waals surface area contributed by atoms with Crippen molar-refractivity contribution in [3.05, 3.63) is 29.3 Å². The van der Waals surface area contributed by atoms with Gasteiger partial charge in [0.1, 0.15) is 16.3 Å². The van der Waals surface area contributed by atoms with E-state index in [1.807, 2.05) is 0 Å². The zero-order valence-electron chi connectivity index (χ0n) is 10.3. The van der Waals surface area contributed by atoms with Crippen LogP contribution in [0.2, 0.25) is 0 Å². The number of ether oxygens (including phenoxy) is 1. The van der Waals surface area contributed by atoms with Crippen LogP contribution in [0.5, 0.6) is 0 Å². The Bertz CT molecular complexity index is 642. The molecule has 0 aromatic heterocycles. The lowest BCUT2D eigenvalue weighted by atomic mass is 10.1. The number of nitrogens with zero attached hydrogens (tertiary/aromatic N) is 1. The molecule has 1 aromatic rings. The number of halogens is 2. The molecule has 1 fully saturated rings. The SMILES string of the molecule is NS(=O)(=O)c1ccc(F)c(C(=O)N2CCOCC2)c1F. The van der Waals surface area contributed by atoms with Gasteiger partial charge in [-0.25, -0.2) is 22.3 Å². The summed E-state index contributed by atoms with van der Waals surface area (Å²) in [5, 5.41) is 4.82. The monoisotopic (exact) mass is 306 g/mol. The predicted molar refractivity (Wildman–Crippen MR) is 64.5 cm³/mol. The van der Waals surface area contributed by atoms with Crippen LogP contribution in [0.1, 0.15) is 10.4 Å². The highest BCUT2D eigenvalue weighted by molar-refractivity contribution is 7.89. The molecule has 2 N–H and O–H groups in total. The summed E-state index contributed by atoms with van der Waals surface area (Å²) in [6, 6.07) is 1.40. The highest BCUT2D eigenvalue weighted by atomic mass is 32.2. The molecule has 0 atom stereocenters. The van der Waals surface area contributed by atoms with E-state index < -0.39 is 38.0 Å². The van der Waals surface area contributed by atoms with Crippen molar-refractivity contribution in [3.63, 3.8) is 0 Å². The minimum absolute atomic E-state index is 0.178. The number of primary sulfonamides is 1. The molecule has 9 heteroatoms. The number of benzene rings is 1. The van der Waals surface area contributed by atoms with Crippen molar-refractivity contribution in [1.82, 2.24) is 4.90 Å². The van der Waals surface area contributed by atoms with E-state index in [9.17, 15) is 22.0 Å². The predicted octanol–water partition coefficient (Wildman–Crippen LogP) is 0.0846. The third-order valence-corrected chi connectivity index (χ3v) is 3.80. The van der Waals surface area contributed by atoms with Crippen molar-refractivity contribution in [3.8, 4) is 0 Å². The topological polar surface area (TPSA) is 89.7 Å².